The highest BCUT2D eigenvalue weighted by atomic mass is 19.1. The molecular weight excluding hydrogens is 559 g/mol. The summed E-state index contributed by atoms with van der Waals surface area (Å²) >= 11 is 0. The van der Waals surface area contributed by atoms with E-state index in [0.29, 0.717) is 27.7 Å². The van der Waals surface area contributed by atoms with Gasteiger partial charge < -0.3 is 14.5 Å². The van der Waals surface area contributed by atoms with Crippen LogP contribution in [0, 0.1) is 24.0 Å². The van der Waals surface area contributed by atoms with Crippen LogP contribution in [0.2, 0.25) is 0 Å². The molecule has 6 rings (SSSR count). The van der Waals surface area contributed by atoms with Crippen LogP contribution in [0.25, 0.3) is 39.0 Å². The van der Waals surface area contributed by atoms with E-state index in [-0.39, 0.29) is 54.6 Å². The van der Waals surface area contributed by atoms with Crippen LogP contribution in [0.5, 0.6) is 6.01 Å². The molecule has 0 N–H and O–H groups in total. The molecule has 0 saturated carbocycles. The van der Waals surface area contributed by atoms with E-state index in [1.54, 1.807) is 24.3 Å². The van der Waals surface area contributed by atoms with Crippen molar-refractivity contribution in [1.82, 2.24) is 29.8 Å². The predicted octanol–water partition coefficient (Wildman–Crippen LogP) is 4.56. The molecule has 0 aliphatic carbocycles. The Balaban J connectivity index is 1.34. The topological polar surface area (TPSA) is 97.2 Å². The van der Waals surface area contributed by atoms with Crippen LogP contribution in [-0.2, 0) is 4.79 Å². The van der Waals surface area contributed by atoms with Crippen LogP contribution in [0.1, 0.15) is 11.4 Å². The predicted molar refractivity (Wildman–Crippen MR) is 155 cm³/mol. The molecule has 1 fully saturated rings. The molecule has 43 heavy (non-hydrogen) atoms. The average molecular weight is 582 g/mol. The number of benzene rings is 2. The van der Waals surface area contributed by atoms with E-state index in [0.717, 1.165) is 6.08 Å². The lowest BCUT2D eigenvalue weighted by molar-refractivity contribution is -0.128. The Hall–Kier alpha value is -5.57. The summed E-state index contributed by atoms with van der Waals surface area (Å²) < 4.78 is 50.8. The molecule has 214 valence electrons. The van der Waals surface area contributed by atoms with E-state index in [1.165, 1.54) is 42.7 Å². The molecule has 9 nitrogen and oxygen atoms in total. The number of hydrogen-bond acceptors (Lipinski definition) is 8. The van der Waals surface area contributed by atoms with Crippen molar-refractivity contribution in [3.8, 4) is 29.6 Å². The molecule has 12 heteroatoms. The van der Waals surface area contributed by atoms with Gasteiger partial charge in [0.1, 0.15) is 22.8 Å². The quantitative estimate of drug-likeness (QED) is 0.220. The third kappa shape index (κ3) is 5.05. The summed E-state index contributed by atoms with van der Waals surface area (Å²) in [6, 6.07) is 9.03. The van der Waals surface area contributed by atoms with Gasteiger partial charge in [0.25, 0.3) is 5.91 Å². The smallest absolute Gasteiger partial charge is 0.318 e. The highest BCUT2D eigenvalue weighted by Gasteiger charge is 2.28. The van der Waals surface area contributed by atoms with E-state index < -0.39 is 23.4 Å². The minimum absolute atomic E-state index is 0.0575. The second-order valence-corrected chi connectivity index (χ2v) is 9.56. The number of nitrogens with zero attached hydrogens (tertiary/aromatic N) is 7. The Morgan fingerprint density at radius 2 is 1.77 bits per heavy atom. The molecule has 1 amide bonds. The Kier molecular flexibility index (Phi) is 7.29. The van der Waals surface area contributed by atoms with Crippen molar-refractivity contribution in [3.05, 3.63) is 83.8 Å². The van der Waals surface area contributed by atoms with Crippen molar-refractivity contribution in [3.63, 3.8) is 0 Å². The number of amides is 1. The largest absolute Gasteiger partial charge is 0.467 e. The van der Waals surface area contributed by atoms with Crippen LogP contribution in [0.15, 0.2) is 60.8 Å². The molecule has 0 unspecified atom stereocenters. The number of methoxy groups -OCH3 is 1. The Labute approximate surface area is 243 Å². The molecule has 0 spiro atoms. The van der Waals surface area contributed by atoms with E-state index in [2.05, 4.69) is 30.8 Å². The summed E-state index contributed by atoms with van der Waals surface area (Å²) in [7, 11) is 1.36. The van der Waals surface area contributed by atoms with Crippen LogP contribution in [0.4, 0.5) is 19.0 Å². The van der Waals surface area contributed by atoms with Gasteiger partial charge in [-0.05, 0) is 24.3 Å². The van der Waals surface area contributed by atoms with Crippen molar-refractivity contribution in [2.45, 2.75) is 0 Å². The zero-order valence-corrected chi connectivity index (χ0v) is 22.8. The fourth-order valence-electron chi connectivity index (χ4n) is 5.06. The third-order valence-electron chi connectivity index (χ3n) is 7.14. The first-order valence-corrected chi connectivity index (χ1v) is 13.2. The lowest BCUT2D eigenvalue weighted by Gasteiger charge is -2.35. The molecule has 1 saturated heterocycles. The van der Waals surface area contributed by atoms with Crippen molar-refractivity contribution >= 4 is 39.5 Å². The maximum absolute atomic E-state index is 16.2. The summed E-state index contributed by atoms with van der Waals surface area (Å²) in [5.74, 6) is -0.0555. The Morgan fingerprint density at radius 1 is 1.00 bits per heavy atom. The standard InChI is InChI=1S/C31H22F3N7O2/c1-3-18-6-4-7-19-22(32)9-8-20(25(18)19)27-26(34)28-21(17-37-27)29(39-31(38-28)43-2)40-12-14-41(15-13-40)30(42)23(33)16-24-35-10-5-11-36-24/h1,4-11,16-17H,12-15H2,2H3/b23-16-. The van der Waals surface area contributed by atoms with Gasteiger partial charge in [0, 0.05) is 72.7 Å². The number of carbonyl (C=O) groups excluding carboxylic acids is 1. The number of halogens is 3. The van der Waals surface area contributed by atoms with Gasteiger partial charge in [0.2, 0.25) is 0 Å². The van der Waals surface area contributed by atoms with Gasteiger partial charge in [0.15, 0.2) is 17.5 Å². The first-order chi connectivity index (χ1) is 20.9. The number of carbonyl (C=O) groups is 1. The van der Waals surface area contributed by atoms with Gasteiger partial charge in [-0.2, -0.15) is 9.97 Å². The molecule has 5 aromatic rings. The second kappa shape index (κ2) is 11.4. The number of ether oxygens (including phenoxy) is 1. The summed E-state index contributed by atoms with van der Waals surface area (Å²) in [4.78, 5) is 36.8. The van der Waals surface area contributed by atoms with Crippen molar-refractivity contribution in [1.29, 1.82) is 0 Å². The first kappa shape index (κ1) is 27.6. The highest BCUT2D eigenvalue weighted by Crippen LogP contribution is 2.36. The van der Waals surface area contributed by atoms with Crippen LogP contribution >= 0.6 is 0 Å². The number of hydrogen-bond donors (Lipinski definition) is 0. The number of fused-ring (bicyclic) bond motifs is 2. The normalized spacial score (nSPS) is 13.8. The molecule has 3 aromatic heterocycles. The zero-order valence-electron chi connectivity index (χ0n) is 22.8. The van der Waals surface area contributed by atoms with Gasteiger partial charge in [-0.1, -0.05) is 18.1 Å². The first-order valence-electron chi connectivity index (χ1n) is 13.2. The monoisotopic (exact) mass is 581 g/mol. The number of terminal acetylenes is 1. The molecule has 2 aromatic carbocycles. The number of anilines is 1. The Bertz CT molecular complexity index is 1950. The summed E-state index contributed by atoms with van der Waals surface area (Å²) in [5.41, 5.74) is 0.584. The van der Waals surface area contributed by atoms with E-state index in [1.807, 2.05) is 4.90 Å². The van der Waals surface area contributed by atoms with Crippen LogP contribution < -0.4 is 9.64 Å². The number of piperazine rings is 1. The molecular formula is C31H22F3N7O2. The van der Waals surface area contributed by atoms with Gasteiger partial charge in [-0.15, -0.1) is 6.42 Å². The fraction of sp³-hybridized carbons (Fsp3) is 0.161. The number of rotatable bonds is 5. The van der Waals surface area contributed by atoms with E-state index >= 15 is 4.39 Å². The molecule has 0 atom stereocenters. The molecule has 1 aliphatic heterocycles. The summed E-state index contributed by atoms with van der Waals surface area (Å²) in [6.45, 7) is 0.892. The highest BCUT2D eigenvalue weighted by molar-refractivity contribution is 6.02. The zero-order chi connectivity index (χ0) is 30.1. The van der Waals surface area contributed by atoms with Crippen molar-refractivity contribution in [2.75, 3.05) is 38.2 Å². The minimum atomic E-state index is -0.978. The van der Waals surface area contributed by atoms with Crippen molar-refractivity contribution in [2.24, 2.45) is 0 Å². The van der Waals surface area contributed by atoms with Gasteiger partial charge in [-0.25, -0.2) is 23.1 Å². The molecule has 4 heterocycles. The maximum atomic E-state index is 16.2. The Morgan fingerprint density at radius 3 is 2.49 bits per heavy atom. The van der Waals surface area contributed by atoms with Gasteiger partial charge in [0.05, 0.1) is 12.5 Å². The summed E-state index contributed by atoms with van der Waals surface area (Å²) in [6.07, 6.45) is 11.0. The van der Waals surface area contributed by atoms with E-state index in [4.69, 9.17) is 11.2 Å². The van der Waals surface area contributed by atoms with Crippen LogP contribution in [-0.4, -0.2) is 69.0 Å². The average Bonchev–Trinajstić information content (AvgIpc) is 3.05. The lowest BCUT2D eigenvalue weighted by atomic mass is 9.96. The van der Waals surface area contributed by atoms with Gasteiger partial charge >= 0.3 is 6.01 Å². The number of aromatic nitrogens is 5. The fourth-order valence-corrected chi connectivity index (χ4v) is 5.06. The van der Waals surface area contributed by atoms with Crippen LogP contribution in [0.3, 0.4) is 0 Å². The minimum Gasteiger partial charge on any atom is -0.467 e. The maximum Gasteiger partial charge on any atom is 0.318 e. The number of pyridine rings is 1. The summed E-state index contributed by atoms with van der Waals surface area (Å²) in [5, 5.41) is 0.904. The van der Waals surface area contributed by atoms with E-state index in [9.17, 15) is 13.6 Å². The lowest BCUT2D eigenvalue weighted by Crippen LogP contribution is -2.49. The molecule has 1 aliphatic rings. The third-order valence-corrected chi connectivity index (χ3v) is 7.14. The second-order valence-electron chi connectivity index (χ2n) is 9.56. The molecule has 0 bridgehead atoms. The molecule has 0 radical (unpaired) electrons. The SMILES string of the molecule is C#Cc1cccc2c(F)ccc(-c3ncc4c(N5CCN(C(=O)/C(F)=C/c6ncccn6)CC5)nc(OC)nc4c3F)c12. The van der Waals surface area contributed by atoms with Crippen molar-refractivity contribution < 1.29 is 22.7 Å². The van der Waals surface area contributed by atoms with Gasteiger partial charge in [-0.3, -0.25) is 9.78 Å².